The van der Waals surface area contributed by atoms with Gasteiger partial charge in [-0.15, -0.1) is 0 Å². The van der Waals surface area contributed by atoms with Crippen molar-refractivity contribution in [1.82, 2.24) is 4.57 Å². The van der Waals surface area contributed by atoms with E-state index in [9.17, 15) is 26.3 Å². The van der Waals surface area contributed by atoms with E-state index in [1.54, 1.807) is 0 Å². The fourth-order valence-electron chi connectivity index (χ4n) is 2.58. The molecule has 0 spiro atoms. The topological polar surface area (TPSA) is 71.0 Å². The van der Waals surface area contributed by atoms with Crippen LogP contribution in [0.1, 0.15) is 30.1 Å². The summed E-state index contributed by atoms with van der Waals surface area (Å²) >= 11 is 0. The minimum Gasteiger partial charge on any atom is -0.352 e. The van der Waals surface area contributed by atoms with Crippen LogP contribution in [0.4, 0.5) is 26.3 Å². The Kier molecular flexibility index (Phi) is 5.54. The van der Waals surface area contributed by atoms with E-state index in [2.05, 4.69) is 0 Å². The Bertz CT molecular complexity index is 706. The second-order valence-corrected chi connectivity index (χ2v) is 5.86. The monoisotopic (exact) mass is 381 g/mol. The van der Waals surface area contributed by atoms with Gasteiger partial charge in [-0.3, -0.25) is 0 Å². The van der Waals surface area contributed by atoms with Crippen molar-refractivity contribution in [3.8, 4) is 12.1 Å². The zero-order valence-electron chi connectivity index (χ0n) is 13.2. The van der Waals surface area contributed by atoms with Crippen molar-refractivity contribution in [2.24, 2.45) is 5.41 Å². The number of hydrogen-bond donors (Lipinski definition) is 0. The summed E-state index contributed by atoms with van der Waals surface area (Å²) in [5.41, 5.74) is -3.41. The molecule has 0 saturated carbocycles. The predicted molar refractivity (Wildman–Crippen MR) is 73.0 cm³/mol. The van der Waals surface area contributed by atoms with Crippen LogP contribution < -0.4 is 0 Å². The van der Waals surface area contributed by atoms with Crippen LogP contribution in [-0.2, 0) is 22.2 Å². The summed E-state index contributed by atoms with van der Waals surface area (Å²) in [7, 11) is 0. The maximum absolute atomic E-state index is 13.2. The second kappa shape index (κ2) is 7.17. The molecule has 11 heteroatoms. The molecular formula is C15H13F6N3O2. The Morgan fingerprint density at radius 1 is 1.08 bits per heavy atom. The summed E-state index contributed by atoms with van der Waals surface area (Å²) in [6.07, 6.45) is -10.9. The number of aromatic nitrogens is 1. The first-order chi connectivity index (χ1) is 12.0. The minimum absolute atomic E-state index is 0.108. The molecule has 142 valence electrons. The van der Waals surface area contributed by atoms with Crippen LogP contribution in [0, 0.1) is 28.1 Å². The fraction of sp³-hybridized carbons (Fsp3) is 0.600. The van der Waals surface area contributed by atoms with Gasteiger partial charge in [0.2, 0.25) is 0 Å². The highest BCUT2D eigenvalue weighted by atomic mass is 19.4. The highest BCUT2D eigenvalue weighted by molar-refractivity contribution is 5.31. The lowest BCUT2D eigenvalue weighted by molar-refractivity contribution is -0.139. The molecule has 1 unspecified atom stereocenters. The molecule has 1 aromatic heterocycles. The summed E-state index contributed by atoms with van der Waals surface area (Å²) in [6.45, 7) is -0.922. The second-order valence-electron chi connectivity index (χ2n) is 5.86. The summed E-state index contributed by atoms with van der Waals surface area (Å²) in [5.74, 6) is 0. The molecule has 26 heavy (non-hydrogen) atoms. The van der Waals surface area contributed by atoms with Crippen LogP contribution in [0.2, 0.25) is 0 Å². The largest absolute Gasteiger partial charge is 0.418 e. The zero-order chi connectivity index (χ0) is 19.6. The zero-order valence-corrected chi connectivity index (χ0v) is 13.2. The predicted octanol–water partition coefficient (Wildman–Crippen LogP) is 3.93. The normalized spacial score (nSPS) is 18.5. The van der Waals surface area contributed by atoms with Crippen molar-refractivity contribution in [3.05, 3.63) is 23.5 Å². The lowest BCUT2D eigenvalue weighted by Gasteiger charge is -2.20. The highest BCUT2D eigenvalue weighted by Gasteiger charge is 2.41. The standard InChI is InChI=1S/C15H13F6N3O2/c16-14(17,18)2-1-13(6-22,7-23)8-24-3-10(12-5-25-9-26-12)11(4-24)15(19,20)21/h3-4,12H,1-2,5,8-9H2. The van der Waals surface area contributed by atoms with E-state index in [0.717, 1.165) is 10.8 Å². The third-order valence-electron chi connectivity index (χ3n) is 3.90. The Morgan fingerprint density at radius 3 is 2.19 bits per heavy atom. The third kappa shape index (κ3) is 4.68. The van der Waals surface area contributed by atoms with Crippen LogP contribution in [-0.4, -0.2) is 24.1 Å². The molecule has 0 radical (unpaired) electrons. The molecule has 0 aromatic carbocycles. The fourth-order valence-corrected chi connectivity index (χ4v) is 2.58. The van der Waals surface area contributed by atoms with E-state index in [0.29, 0.717) is 6.20 Å². The molecule has 1 fully saturated rings. The first-order valence-corrected chi connectivity index (χ1v) is 7.35. The first kappa shape index (κ1) is 20.1. The minimum atomic E-state index is -4.74. The molecule has 1 aromatic rings. The van der Waals surface area contributed by atoms with Gasteiger partial charge in [0.15, 0.2) is 5.41 Å². The van der Waals surface area contributed by atoms with Gasteiger partial charge in [-0.05, 0) is 6.42 Å². The van der Waals surface area contributed by atoms with E-state index >= 15 is 0 Å². The summed E-state index contributed by atoms with van der Waals surface area (Å²) in [6, 6.07) is 3.01. The number of nitrogens with zero attached hydrogens (tertiary/aromatic N) is 3. The Balaban J connectivity index is 2.32. The summed E-state index contributed by atoms with van der Waals surface area (Å²) in [5, 5.41) is 18.3. The van der Waals surface area contributed by atoms with Crippen molar-refractivity contribution in [1.29, 1.82) is 10.5 Å². The van der Waals surface area contributed by atoms with Crippen molar-refractivity contribution in [2.45, 2.75) is 37.8 Å². The Morgan fingerprint density at radius 2 is 1.73 bits per heavy atom. The number of nitriles is 2. The molecule has 1 atom stereocenters. The van der Waals surface area contributed by atoms with E-state index in [4.69, 9.17) is 20.0 Å². The van der Waals surface area contributed by atoms with E-state index in [1.165, 1.54) is 12.1 Å². The van der Waals surface area contributed by atoms with Gasteiger partial charge >= 0.3 is 12.4 Å². The molecular weight excluding hydrogens is 368 g/mol. The molecule has 1 aliphatic heterocycles. The van der Waals surface area contributed by atoms with Crippen molar-refractivity contribution < 1.29 is 35.8 Å². The van der Waals surface area contributed by atoms with Crippen LogP contribution in [0.5, 0.6) is 0 Å². The van der Waals surface area contributed by atoms with Gasteiger partial charge in [-0.1, -0.05) is 0 Å². The molecule has 0 amide bonds. The molecule has 1 saturated heterocycles. The number of alkyl halides is 6. The van der Waals surface area contributed by atoms with E-state index < -0.39 is 48.8 Å². The molecule has 1 aliphatic rings. The van der Waals surface area contributed by atoms with Gasteiger partial charge in [0.05, 0.1) is 30.9 Å². The molecule has 0 bridgehead atoms. The van der Waals surface area contributed by atoms with E-state index in [1.807, 2.05) is 0 Å². The van der Waals surface area contributed by atoms with Gasteiger partial charge in [0.1, 0.15) is 12.9 Å². The van der Waals surface area contributed by atoms with Crippen molar-refractivity contribution in [3.63, 3.8) is 0 Å². The van der Waals surface area contributed by atoms with Crippen LogP contribution in [0.15, 0.2) is 12.4 Å². The van der Waals surface area contributed by atoms with Gasteiger partial charge < -0.3 is 14.0 Å². The molecule has 5 nitrogen and oxygen atoms in total. The maximum Gasteiger partial charge on any atom is 0.418 e. The SMILES string of the molecule is N#CC(C#N)(CCC(F)(F)F)Cn1cc(C2COCO2)c(C(F)(F)F)c1. The summed E-state index contributed by atoms with van der Waals surface area (Å²) < 4.78 is 87.8. The smallest absolute Gasteiger partial charge is 0.352 e. The van der Waals surface area contributed by atoms with E-state index in [-0.39, 0.29) is 19.0 Å². The van der Waals surface area contributed by atoms with Gasteiger partial charge in [0, 0.05) is 24.4 Å². The highest BCUT2D eigenvalue weighted by Crippen LogP contribution is 2.39. The lowest BCUT2D eigenvalue weighted by atomic mass is 9.86. The van der Waals surface area contributed by atoms with Crippen LogP contribution in [0.25, 0.3) is 0 Å². The quantitative estimate of drug-likeness (QED) is 0.725. The Labute approximate surface area is 144 Å². The average molecular weight is 381 g/mol. The number of ether oxygens (including phenoxy) is 2. The van der Waals surface area contributed by atoms with Gasteiger partial charge in [0.25, 0.3) is 0 Å². The summed E-state index contributed by atoms with van der Waals surface area (Å²) in [4.78, 5) is 0. The van der Waals surface area contributed by atoms with Gasteiger partial charge in [-0.2, -0.15) is 36.9 Å². The Hall–Kier alpha value is -2.24. The third-order valence-corrected chi connectivity index (χ3v) is 3.90. The van der Waals surface area contributed by atoms with Crippen molar-refractivity contribution >= 4 is 0 Å². The number of halogens is 6. The average Bonchev–Trinajstić information content (AvgIpc) is 3.19. The molecule has 2 rings (SSSR count). The molecule has 0 aliphatic carbocycles. The number of hydrogen-bond acceptors (Lipinski definition) is 4. The van der Waals surface area contributed by atoms with Crippen LogP contribution >= 0.6 is 0 Å². The molecule has 2 heterocycles. The van der Waals surface area contributed by atoms with Crippen LogP contribution in [0.3, 0.4) is 0 Å². The number of rotatable bonds is 5. The maximum atomic E-state index is 13.2. The first-order valence-electron chi connectivity index (χ1n) is 7.35. The van der Waals surface area contributed by atoms with Gasteiger partial charge in [-0.25, -0.2) is 0 Å². The van der Waals surface area contributed by atoms with Crippen molar-refractivity contribution in [2.75, 3.05) is 13.4 Å². The lowest BCUT2D eigenvalue weighted by Crippen LogP contribution is -2.25. The molecule has 0 N–H and O–H groups in total.